The lowest BCUT2D eigenvalue weighted by molar-refractivity contribution is 0.0627. The van der Waals surface area contributed by atoms with Gasteiger partial charge in [0, 0.05) is 11.8 Å². The summed E-state index contributed by atoms with van der Waals surface area (Å²) >= 11 is 0. The second-order valence-corrected chi connectivity index (χ2v) is 3.55. The van der Waals surface area contributed by atoms with Crippen LogP contribution in [0.15, 0.2) is 0 Å². The Bertz CT molecular complexity index is 120. The third-order valence-electron chi connectivity index (χ3n) is 2.55. The topological polar surface area (TPSA) is 18.5 Å². The van der Waals surface area contributed by atoms with Gasteiger partial charge in [0.2, 0.25) is 0 Å². The molecule has 0 N–H and O–H groups in total. The van der Waals surface area contributed by atoms with Crippen molar-refractivity contribution in [3.05, 3.63) is 0 Å². The molecule has 2 aliphatic heterocycles. The molecule has 0 aromatic rings. The number of hydrogen-bond acceptors (Lipinski definition) is 2. The van der Waals surface area contributed by atoms with Gasteiger partial charge in [-0.3, -0.25) is 0 Å². The van der Waals surface area contributed by atoms with Gasteiger partial charge in [0.1, 0.15) is 0 Å². The number of hydrogen-bond donors (Lipinski definition) is 0. The number of fused-ring (bicyclic) bond motifs is 1. The highest BCUT2D eigenvalue weighted by Crippen LogP contribution is 2.33. The van der Waals surface area contributed by atoms with Crippen molar-refractivity contribution in [1.29, 1.82) is 0 Å². The molecule has 0 radical (unpaired) electrons. The molecule has 0 spiro atoms. The van der Waals surface area contributed by atoms with Gasteiger partial charge in [0.15, 0.2) is 0 Å². The fraction of sp³-hybridized carbons (Fsp3) is 1.00. The zero-order valence-electron chi connectivity index (χ0n) is 8.54. The van der Waals surface area contributed by atoms with Gasteiger partial charge in [-0.2, -0.15) is 0 Å². The first kappa shape index (κ1) is 10.0. The highest BCUT2D eigenvalue weighted by molar-refractivity contribution is 4.90. The highest BCUT2D eigenvalue weighted by Gasteiger charge is 2.43. The minimum atomic E-state index is 0.398. The third-order valence-corrected chi connectivity index (χ3v) is 2.55. The van der Waals surface area contributed by atoms with Crippen LogP contribution < -0.4 is 0 Å². The Balaban J connectivity index is 0.000000336. The summed E-state index contributed by atoms with van der Waals surface area (Å²) in [6.45, 7) is 10.2. The zero-order valence-corrected chi connectivity index (χ0v) is 8.54. The van der Waals surface area contributed by atoms with Gasteiger partial charge in [0.25, 0.3) is 0 Å². The summed E-state index contributed by atoms with van der Waals surface area (Å²) in [6.07, 6.45) is 0.796. The minimum Gasteiger partial charge on any atom is -0.375 e. The zero-order chi connectivity index (χ0) is 9.14. The summed E-state index contributed by atoms with van der Waals surface area (Å²) < 4.78 is 11.2. The van der Waals surface area contributed by atoms with Crippen LogP contribution in [0, 0.1) is 11.8 Å². The van der Waals surface area contributed by atoms with Gasteiger partial charge in [-0.05, 0) is 0 Å². The summed E-state index contributed by atoms with van der Waals surface area (Å²) in [6, 6.07) is 0. The molecular formula is C10H20O2. The molecule has 0 saturated carbocycles. The highest BCUT2D eigenvalue weighted by atomic mass is 16.6. The average molecular weight is 172 g/mol. The van der Waals surface area contributed by atoms with Crippen molar-refractivity contribution >= 4 is 0 Å². The van der Waals surface area contributed by atoms with Crippen LogP contribution in [0.25, 0.3) is 0 Å². The quantitative estimate of drug-likeness (QED) is 0.557. The molecule has 2 saturated heterocycles. The maximum Gasteiger partial charge on any atom is 0.0887 e. The Hall–Kier alpha value is -0.0800. The molecule has 2 nitrogen and oxygen atoms in total. The molecule has 0 amide bonds. The normalized spacial score (nSPS) is 45.0. The minimum absolute atomic E-state index is 0.398. The Morgan fingerprint density at radius 1 is 0.833 bits per heavy atom. The van der Waals surface area contributed by atoms with E-state index in [0.29, 0.717) is 24.0 Å². The maximum atomic E-state index is 5.58. The monoisotopic (exact) mass is 172 g/mol. The van der Waals surface area contributed by atoms with E-state index in [0.717, 1.165) is 13.2 Å². The summed E-state index contributed by atoms with van der Waals surface area (Å²) in [5.74, 6) is 1.21. The van der Waals surface area contributed by atoms with Crippen LogP contribution in [0.3, 0.4) is 0 Å². The van der Waals surface area contributed by atoms with E-state index < -0.39 is 0 Å². The van der Waals surface area contributed by atoms with Crippen LogP contribution in [-0.2, 0) is 9.47 Å². The van der Waals surface area contributed by atoms with Crippen molar-refractivity contribution in [2.45, 2.75) is 39.9 Å². The molecule has 2 aliphatic rings. The van der Waals surface area contributed by atoms with Gasteiger partial charge < -0.3 is 9.47 Å². The maximum absolute atomic E-state index is 5.58. The van der Waals surface area contributed by atoms with Gasteiger partial charge >= 0.3 is 0 Å². The first-order chi connectivity index (χ1) is 5.79. The van der Waals surface area contributed by atoms with Crippen molar-refractivity contribution in [3.8, 4) is 0 Å². The molecule has 2 fully saturated rings. The van der Waals surface area contributed by atoms with E-state index in [1.165, 1.54) is 0 Å². The molecular weight excluding hydrogens is 152 g/mol. The van der Waals surface area contributed by atoms with Crippen molar-refractivity contribution in [1.82, 2.24) is 0 Å². The molecule has 4 unspecified atom stereocenters. The molecule has 2 heterocycles. The molecule has 0 aromatic carbocycles. The van der Waals surface area contributed by atoms with Gasteiger partial charge in [-0.15, -0.1) is 0 Å². The lowest BCUT2D eigenvalue weighted by Crippen LogP contribution is -2.23. The van der Waals surface area contributed by atoms with Crippen LogP contribution >= 0.6 is 0 Å². The number of rotatable bonds is 0. The van der Waals surface area contributed by atoms with Crippen LogP contribution in [0.2, 0.25) is 0 Å². The predicted molar refractivity (Wildman–Crippen MR) is 49.2 cm³/mol. The molecule has 2 rings (SSSR count). The predicted octanol–water partition coefficient (Wildman–Crippen LogP) is 2.08. The lowest BCUT2D eigenvalue weighted by atomic mass is 9.99. The summed E-state index contributed by atoms with van der Waals surface area (Å²) in [4.78, 5) is 0. The molecule has 4 atom stereocenters. The Kier molecular flexibility index (Phi) is 3.53. The van der Waals surface area contributed by atoms with E-state index in [9.17, 15) is 0 Å². The largest absolute Gasteiger partial charge is 0.375 e. The Morgan fingerprint density at radius 2 is 1.17 bits per heavy atom. The van der Waals surface area contributed by atoms with Crippen LogP contribution in [0.1, 0.15) is 27.7 Å². The second kappa shape index (κ2) is 4.24. The van der Waals surface area contributed by atoms with Gasteiger partial charge in [0.05, 0.1) is 25.4 Å². The molecule has 72 valence electrons. The van der Waals surface area contributed by atoms with E-state index in [4.69, 9.17) is 9.47 Å². The van der Waals surface area contributed by atoms with E-state index in [1.54, 1.807) is 0 Å². The molecule has 12 heavy (non-hydrogen) atoms. The molecule has 2 heteroatoms. The summed E-state index contributed by atoms with van der Waals surface area (Å²) in [7, 11) is 0. The average Bonchev–Trinajstić information content (AvgIpc) is 2.62. The second-order valence-electron chi connectivity index (χ2n) is 3.55. The third kappa shape index (κ3) is 1.64. The van der Waals surface area contributed by atoms with E-state index in [2.05, 4.69) is 13.8 Å². The first-order valence-electron chi connectivity index (χ1n) is 5.02. The van der Waals surface area contributed by atoms with Gasteiger partial charge in [-0.1, -0.05) is 27.7 Å². The molecule has 0 aliphatic carbocycles. The summed E-state index contributed by atoms with van der Waals surface area (Å²) in [5.41, 5.74) is 0. The smallest absolute Gasteiger partial charge is 0.0887 e. The van der Waals surface area contributed by atoms with Gasteiger partial charge in [-0.25, -0.2) is 0 Å². The van der Waals surface area contributed by atoms with Crippen LogP contribution in [0.4, 0.5) is 0 Å². The Morgan fingerprint density at radius 3 is 1.50 bits per heavy atom. The SMILES string of the molecule is CC.CC1COC2C(C)COC12. The van der Waals surface area contributed by atoms with Crippen molar-refractivity contribution in [2.24, 2.45) is 11.8 Å². The van der Waals surface area contributed by atoms with E-state index >= 15 is 0 Å². The van der Waals surface area contributed by atoms with Crippen LogP contribution in [-0.4, -0.2) is 25.4 Å². The standard InChI is InChI=1S/C8H14O2.C2H6/c1-5-3-9-8-6(2)4-10-7(5)8;1-2/h5-8H,3-4H2,1-2H3;1-2H3. The summed E-state index contributed by atoms with van der Waals surface area (Å²) in [5, 5.41) is 0. The first-order valence-corrected chi connectivity index (χ1v) is 5.02. The molecule has 0 aromatic heterocycles. The van der Waals surface area contributed by atoms with Crippen molar-refractivity contribution in [3.63, 3.8) is 0 Å². The van der Waals surface area contributed by atoms with Crippen molar-refractivity contribution < 1.29 is 9.47 Å². The van der Waals surface area contributed by atoms with E-state index in [-0.39, 0.29) is 0 Å². The fourth-order valence-corrected chi connectivity index (χ4v) is 1.88. The van der Waals surface area contributed by atoms with Crippen LogP contribution in [0.5, 0.6) is 0 Å². The lowest BCUT2D eigenvalue weighted by Gasteiger charge is -2.10. The van der Waals surface area contributed by atoms with Crippen molar-refractivity contribution in [2.75, 3.05) is 13.2 Å². The Labute approximate surface area is 75.2 Å². The van der Waals surface area contributed by atoms with E-state index in [1.807, 2.05) is 13.8 Å². The number of ether oxygens (including phenoxy) is 2. The molecule has 0 bridgehead atoms. The fourth-order valence-electron chi connectivity index (χ4n) is 1.88.